The lowest BCUT2D eigenvalue weighted by Crippen LogP contribution is -2.48. The fourth-order valence-corrected chi connectivity index (χ4v) is 2.95. The highest BCUT2D eigenvalue weighted by Crippen LogP contribution is 2.23. The first-order valence-electron chi connectivity index (χ1n) is 8.35. The molecular formula is C18H20ClN5O2. The average molecular weight is 374 g/mol. The molecule has 1 aromatic heterocycles. The van der Waals surface area contributed by atoms with Crippen LogP contribution in [0.3, 0.4) is 0 Å². The van der Waals surface area contributed by atoms with E-state index in [9.17, 15) is 9.59 Å². The van der Waals surface area contributed by atoms with Crippen LogP contribution < -0.4 is 10.2 Å². The van der Waals surface area contributed by atoms with Gasteiger partial charge in [-0.3, -0.25) is 9.59 Å². The molecule has 0 unspecified atom stereocenters. The van der Waals surface area contributed by atoms with E-state index in [1.54, 1.807) is 42.3 Å². The number of benzene rings is 1. The van der Waals surface area contributed by atoms with Gasteiger partial charge >= 0.3 is 0 Å². The first-order valence-corrected chi connectivity index (χ1v) is 8.73. The molecule has 1 N–H and O–H groups in total. The van der Waals surface area contributed by atoms with E-state index >= 15 is 0 Å². The van der Waals surface area contributed by atoms with E-state index in [1.165, 1.54) is 0 Å². The molecule has 26 heavy (non-hydrogen) atoms. The number of piperazine rings is 1. The SMILES string of the molecule is CC(=O)N1CCN(c2nccc(C(=O)Nc3cccc(Cl)c3C)n2)CC1. The summed E-state index contributed by atoms with van der Waals surface area (Å²) in [6.07, 6.45) is 1.57. The van der Waals surface area contributed by atoms with Gasteiger partial charge in [0, 0.05) is 50.0 Å². The minimum Gasteiger partial charge on any atom is -0.339 e. The molecule has 1 aliphatic heterocycles. The molecule has 1 aliphatic rings. The molecule has 2 amide bonds. The molecule has 136 valence electrons. The summed E-state index contributed by atoms with van der Waals surface area (Å²) in [6, 6.07) is 6.92. The maximum absolute atomic E-state index is 12.5. The minimum absolute atomic E-state index is 0.0654. The van der Waals surface area contributed by atoms with Crippen LogP contribution in [0.1, 0.15) is 23.0 Å². The molecule has 0 aliphatic carbocycles. The predicted octanol–water partition coefficient (Wildman–Crippen LogP) is 2.36. The molecule has 7 nitrogen and oxygen atoms in total. The Balaban J connectivity index is 1.72. The van der Waals surface area contributed by atoms with E-state index in [1.807, 2.05) is 11.8 Å². The summed E-state index contributed by atoms with van der Waals surface area (Å²) in [5.41, 5.74) is 1.73. The number of anilines is 2. The lowest BCUT2D eigenvalue weighted by atomic mass is 10.2. The third kappa shape index (κ3) is 3.94. The first-order chi connectivity index (χ1) is 12.5. The van der Waals surface area contributed by atoms with Gasteiger partial charge in [0.25, 0.3) is 5.91 Å². The third-order valence-electron chi connectivity index (χ3n) is 4.40. The number of hydrogen-bond acceptors (Lipinski definition) is 5. The molecule has 1 fully saturated rings. The molecule has 0 saturated carbocycles. The molecule has 1 aromatic carbocycles. The Kier molecular flexibility index (Phi) is 5.37. The van der Waals surface area contributed by atoms with Gasteiger partial charge in [-0.25, -0.2) is 9.97 Å². The fraction of sp³-hybridized carbons (Fsp3) is 0.333. The molecule has 0 bridgehead atoms. The molecule has 2 heterocycles. The topological polar surface area (TPSA) is 78.4 Å². The second-order valence-corrected chi connectivity index (χ2v) is 6.51. The number of amides is 2. The highest BCUT2D eigenvalue weighted by atomic mass is 35.5. The quantitative estimate of drug-likeness (QED) is 0.893. The van der Waals surface area contributed by atoms with E-state index in [2.05, 4.69) is 15.3 Å². The molecule has 0 spiro atoms. The number of carbonyl (C=O) groups excluding carboxylic acids is 2. The van der Waals surface area contributed by atoms with Crippen LogP contribution >= 0.6 is 11.6 Å². The van der Waals surface area contributed by atoms with Crippen molar-refractivity contribution in [2.45, 2.75) is 13.8 Å². The molecule has 8 heteroatoms. The van der Waals surface area contributed by atoms with Crippen molar-refractivity contribution in [1.29, 1.82) is 0 Å². The monoisotopic (exact) mass is 373 g/mol. The van der Waals surface area contributed by atoms with Gasteiger partial charge in [-0.15, -0.1) is 0 Å². The molecule has 1 saturated heterocycles. The Labute approximate surface area is 157 Å². The highest BCUT2D eigenvalue weighted by Gasteiger charge is 2.21. The summed E-state index contributed by atoms with van der Waals surface area (Å²) in [5, 5.41) is 3.43. The molecular weight excluding hydrogens is 354 g/mol. The van der Waals surface area contributed by atoms with Crippen LogP contribution in [-0.2, 0) is 4.79 Å². The Bertz CT molecular complexity index is 834. The van der Waals surface area contributed by atoms with Gasteiger partial charge in [0.2, 0.25) is 11.9 Å². The number of halogens is 1. The second kappa shape index (κ2) is 7.70. The van der Waals surface area contributed by atoms with Gasteiger partial charge in [0.05, 0.1) is 0 Å². The molecule has 3 rings (SSSR count). The summed E-state index contributed by atoms with van der Waals surface area (Å²) in [7, 11) is 0. The van der Waals surface area contributed by atoms with E-state index < -0.39 is 0 Å². The highest BCUT2D eigenvalue weighted by molar-refractivity contribution is 6.31. The molecule has 0 atom stereocenters. The van der Waals surface area contributed by atoms with E-state index in [4.69, 9.17) is 11.6 Å². The van der Waals surface area contributed by atoms with Crippen LogP contribution in [-0.4, -0.2) is 52.9 Å². The van der Waals surface area contributed by atoms with Crippen LogP contribution in [0.2, 0.25) is 5.02 Å². The van der Waals surface area contributed by atoms with Crippen molar-refractivity contribution >= 4 is 35.1 Å². The largest absolute Gasteiger partial charge is 0.339 e. The average Bonchev–Trinajstić information content (AvgIpc) is 2.65. The van der Waals surface area contributed by atoms with Gasteiger partial charge < -0.3 is 15.1 Å². The van der Waals surface area contributed by atoms with Gasteiger partial charge in [0.1, 0.15) is 5.69 Å². The lowest BCUT2D eigenvalue weighted by molar-refractivity contribution is -0.129. The summed E-state index contributed by atoms with van der Waals surface area (Å²) >= 11 is 6.09. The predicted molar refractivity (Wildman–Crippen MR) is 101 cm³/mol. The Hall–Kier alpha value is -2.67. The Morgan fingerprint density at radius 3 is 2.58 bits per heavy atom. The number of carbonyl (C=O) groups is 2. The van der Waals surface area contributed by atoms with Crippen molar-refractivity contribution in [1.82, 2.24) is 14.9 Å². The second-order valence-electron chi connectivity index (χ2n) is 6.10. The van der Waals surface area contributed by atoms with Gasteiger partial charge in [-0.1, -0.05) is 17.7 Å². The summed E-state index contributed by atoms with van der Waals surface area (Å²) < 4.78 is 0. The van der Waals surface area contributed by atoms with Gasteiger partial charge in [-0.05, 0) is 30.7 Å². The van der Waals surface area contributed by atoms with Crippen molar-refractivity contribution in [2.24, 2.45) is 0 Å². The van der Waals surface area contributed by atoms with E-state index in [-0.39, 0.29) is 17.5 Å². The standard InChI is InChI=1S/C18H20ClN5O2/c1-12-14(19)4-3-5-15(12)21-17(26)16-6-7-20-18(22-16)24-10-8-23(9-11-24)13(2)25/h3-7H,8-11H2,1-2H3,(H,21,26). The van der Waals surface area contributed by atoms with Crippen molar-refractivity contribution in [3.8, 4) is 0 Å². The summed E-state index contributed by atoms with van der Waals surface area (Å²) in [5.74, 6) is 0.237. The van der Waals surface area contributed by atoms with Crippen molar-refractivity contribution in [3.05, 3.63) is 46.7 Å². The number of nitrogens with one attached hydrogen (secondary N) is 1. The van der Waals surface area contributed by atoms with Crippen LogP contribution in [0, 0.1) is 6.92 Å². The van der Waals surface area contributed by atoms with Crippen molar-refractivity contribution in [2.75, 3.05) is 36.4 Å². The van der Waals surface area contributed by atoms with Crippen LogP contribution in [0.25, 0.3) is 0 Å². The van der Waals surface area contributed by atoms with Crippen LogP contribution in [0.15, 0.2) is 30.5 Å². The molecule has 0 radical (unpaired) electrons. The maximum Gasteiger partial charge on any atom is 0.274 e. The smallest absolute Gasteiger partial charge is 0.274 e. The lowest BCUT2D eigenvalue weighted by Gasteiger charge is -2.34. The van der Waals surface area contributed by atoms with Crippen molar-refractivity contribution < 1.29 is 9.59 Å². The van der Waals surface area contributed by atoms with Crippen molar-refractivity contribution in [3.63, 3.8) is 0 Å². The van der Waals surface area contributed by atoms with E-state index in [0.29, 0.717) is 42.8 Å². The third-order valence-corrected chi connectivity index (χ3v) is 4.81. The van der Waals surface area contributed by atoms with E-state index in [0.717, 1.165) is 5.56 Å². The van der Waals surface area contributed by atoms with Crippen LogP contribution in [0.4, 0.5) is 11.6 Å². The zero-order chi connectivity index (χ0) is 18.7. The number of nitrogens with zero attached hydrogens (tertiary/aromatic N) is 4. The summed E-state index contributed by atoms with van der Waals surface area (Å²) in [6.45, 7) is 5.93. The number of hydrogen-bond donors (Lipinski definition) is 1. The van der Waals surface area contributed by atoms with Gasteiger partial charge in [0.15, 0.2) is 0 Å². The number of aromatic nitrogens is 2. The Morgan fingerprint density at radius 2 is 1.88 bits per heavy atom. The zero-order valence-corrected chi connectivity index (χ0v) is 15.5. The first kappa shape index (κ1) is 18.1. The number of rotatable bonds is 3. The van der Waals surface area contributed by atoms with Crippen LogP contribution in [0.5, 0.6) is 0 Å². The maximum atomic E-state index is 12.5. The Morgan fingerprint density at radius 1 is 1.15 bits per heavy atom. The zero-order valence-electron chi connectivity index (χ0n) is 14.7. The molecule has 2 aromatic rings. The summed E-state index contributed by atoms with van der Waals surface area (Å²) in [4.78, 5) is 36.4. The van der Waals surface area contributed by atoms with Gasteiger partial charge in [-0.2, -0.15) is 0 Å². The fourth-order valence-electron chi connectivity index (χ4n) is 2.78. The normalized spacial score (nSPS) is 14.3. The minimum atomic E-state index is -0.318.